The molecule has 6 nitrogen and oxygen atoms in total. The van der Waals surface area contributed by atoms with Crippen LogP contribution in [0.25, 0.3) is 16.9 Å². The van der Waals surface area contributed by atoms with E-state index in [2.05, 4.69) is 28.6 Å². The highest BCUT2D eigenvalue weighted by Crippen LogP contribution is 2.30. The van der Waals surface area contributed by atoms with Crippen LogP contribution in [0.15, 0.2) is 78.9 Å². The lowest BCUT2D eigenvalue weighted by atomic mass is 9.87. The van der Waals surface area contributed by atoms with Crippen molar-refractivity contribution in [3.05, 3.63) is 107 Å². The maximum absolute atomic E-state index is 13.1. The van der Waals surface area contributed by atoms with Gasteiger partial charge in [0.05, 0.1) is 24.0 Å². The molecule has 4 aromatic rings. The maximum Gasteiger partial charge on any atom is 0.358 e. The van der Waals surface area contributed by atoms with Gasteiger partial charge in [-0.3, -0.25) is 4.79 Å². The van der Waals surface area contributed by atoms with Crippen molar-refractivity contribution in [3.63, 3.8) is 0 Å². The topological polar surface area (TPSA) is 73.2 Å². The Bertz CT molecular complexity index is 1410. The first-order valence-corrected chi connectivity index (χ1v) is 12.4. The molecule has 1 aliphatic rings. The lowest BCUT2D eigenvalue weighted by molar-refractivity contribution is 0.0518. The van der Waals surface area contributed by atoms with E-state index in [1.54, 1.807) is 29.8 Å². The van der Waals surface area contributed by atoms with E-state index in [1.165, 1.54) is 11.1 Å². The number of carbonyl (C=O) groups is 2. The maximum atomic E-state index is 13.1. The Kier molecular flexibility index (Phi) is 6.67. The van der Waals surface area contributed by atoms with Crippen molar-refractivity contribution in [2.75, 3.05) is 6.61 Å². The number of ether oxygens (including phenoxy) is 1. The number of benzene rings is 3. The molecular formula is C30H29N3O3. The lowest BCUT2D eigenvalue weighted by Crippen LogP contribution is -2.30. The molecule has 1 aliphatic carbocycles. The minimum Gasteiger partial charge on any atom is -0.461 e. The van der Waals surface area contributed by atoms with Crippen molar-refractivity contribution in [2.24, 2.45) is 0 Å². The Morgan fingerprint density at radius 1 is 1.03 bits per heavy atom. The fourth-order valence-electron chi connectivity index (χ4n) is 4.83. The molecule has 1 N–H and O–H groups in total. The van der Waals surface area contributed by atoms with Gasteiger partial charge in [-0.05, 0) is 80.1 Å². The minimum atomic E-state index is -0.463. The zero-order valence-electron chi connectivity index (χ0n) is 20.5. The fraction of sp³-hybridized carbons (Fsp3) is 0.233. The van der Waals surface area contributed by atoms with Crippen LogP contribution in [0.3, 0.4) is 0 Å². The second-order valence-corrected chi connectivity index (χ2v) is 9.03. The number of nitrogens with one attached hydrogen (secondary N) is 1. The minimum absolute atomic E-state index is 0.0213. The summed E-state index contributed by atoms with van der Waals surface area (Å²) in [4.78, 5) is 25.5. The van der Waals surface area contributed by atoms with E-state index >= 15 is 0 Å². The van der Waals surface area contributed by atoms with E-state index in [1.807, 2.05) is 49.4 Å². The molecule has 1 heterocycles. The molecule has 0 saturated carbocycles. The van der Waals surface area contributed by atoms with Crippen LogP contribution in [0, 0.1) is 6.92 Å². The van der Waals surface area contributed by atoms with Gasteiger partial charge >= 0.3 is 5.97 Å². The summed E-state index contributed by atoms with van der Waals surface area (Å²) in [7, 11) is 0. The number of aromatic nitrogens is 2. The first kappa shape index (κ1) is 23.5. The third-order valence-electron chi connectivity index (χ3n) is 6.66. The monoisotopic (exact) mass is 479 g/mol. The molecule has 0 radical (unpaired) electrons. The predicted octanol–water partition coefficient (Wildman–Crippen LogP) is 5.83. The van der Waals surface area contributed by atoms with Gasteiger partial charge in [-0.2, -0.15) is 5.10 Å². The van der Waals surface area contributed by atoms with Gasteiger partial charge in [-0.15, -0.1) is 0 Å². The van der Waals surface area contributed by atoms with Crippen molar-refractivity contribution in [1.29, 1.82) is 0 Å². The predicted molar refractivity (Wildman–Crippen MR) is 139 cm³/mol. The Labute approximate surface area is 210 Å². The molecule has 3 aromatic carbocycles. The molecule has 0 unspecified atom stereocenters. The quantitative estimate of drug-likeness (QED) is 0.353. The van der Waals surface area contributed by atoms with Gasteiger partial charge in [-0.1, -0.05) is 48.5 Å². The summed E-state index contributed by atoms with van der Waals surface area (Å²) in [5.41, 5.74) is 6.92. The summed E-state index contributed by atoms with van der Waals surface area (Å²) in [6, 6.07) is 25.4. The van der Waals surface area contributed by atoms with Crippen molar-refractivity contribution in [1.82, 2.24) is 15.1 Å². The van der Waals surface area contributed by atoms with Crippen LogP contribution in [0.4, 0.5) is 0 Å². The number of nitrogens with zero attached hydrogens (tertiary/aromatic N) is 2. The van der Waals surface area contributed by atoms with E-state index in [9.17, 15) is 9.59 Å². The summed E-state index contributed by atoms with van der Waals surface area (Å²) < 4.78 is 6.91. The van der Waals surface area contributed by atoms with Crippen LogP contribution in [-0.4, -0.2) is 28.3 Å². The van der Waals surface area contributed by atoms with Crippen molar-refractivity contribution in [2.45, 2.75) is 39.2 Å². The zero-order chi connectivity index (χ0) is 25.1. The van der Waals surface area contributed by atoms with Crippen LogP contribution in [-0.2, 0) is 11.2 Å². The number of carbonyl (C=O) groups excluding carboxylic acids is 2. The number of amides is 1. The third kappa shape index (κ3) is 4.67. The van der Waals surface area contributed by atoms with Crippen molar-refractivity contribution < 1.29 is 14.3 Å². The molecule has 1 atom stereocenters. The summed E-state index contributed by atoms with van der Waals surface area (Å²) in [5.74, 6) is -0.565. The van der Waals surface area contributed by atoms with Crippen LogP contribution < -0.4 is 5.32 Å². The Hall–Kier alpha value is -4.19. The molecule has 5 rings (SSSR count). The smallest absolute Gasteiger partial charge is 0.358 e. The summed E-state index contributed by atoms with van der Waals surface area (Å²) >= 11 is 0. The second-order valence-electron chi connectivity index (χ2n) is 9.03. The lowest BCUT2D eigenvalue weighted by Gasteiger charge is -2.26. The molecule has 0 spiro atoms. The number of fused-ring (bicyclic) bond motifs is 1. The Balaban J connectivity index is 1.43. The van der Waals surface area contributed by atoms with Gasteiger partial charge in [0.15, 0.2) is 5.69 Å². The largest absolute Gasteiger partial charge is 0.461 e. The molecule has 6 heteroatoms. The highest BCUT2D eigenvalue weighted by molar-refractivity contribution is 5.94. The molecular weight excluding hydrogens is 450 g/mol. The van der Waals surface area contributed by atoms with E-state index < -0.39 is 5.97 Å². The molecule has 0 bridgehead atoms. The van der Waals surface area contributed by atoms with Gasteiger partial charge in [-0.25, -0.2) is 9.48 Å². The van der Waals surface area contributed by atoms with Gasteiger partial charge in [0.1, 0.15) is 0 Å². The Morgan fingerprint density at radius 3 is 2.56 bits per heavy atom. The summed E-state index contributed by atoms with van der Waals surface area (Å²) in [6.45, 7) is 4.07. The van der Waals surface area contributed by atoms with Gasteiger partial charge in [0.2, 0.25) is 0 Å². The first-order chi connectivity index (χ1) is 17.5. The van der Waals surface area contributed by atoms with E-state index in [-0.39, 0.29) is 24.2 Å². The molecule has 36 heavy (non-hydrogen) atoms. The van der Waals surface area contributed by atoms with Gasteiger partial charge in [0, 0.05) is 11.1 Å². The standard InChI is InChI=1S/C30H29N3O3/c1-3-36-30(35)27-19-28(24-12-6-4-9-20(24)2)33(32-27)23-17-15-22(16-18-23)29(34)31-26-14-8-11-21-10-5-7-13-25(21)26/h4-7,9-10,12-13,15-19,26H,3,8,11,14H2,1-2H3,(H,31,34)/t26-/m1/s1. The zero-order valence-corrected chi connectivity index (χ0v) is 20.5. The van der Waals surface area contributed by atoms with Crippen molar-refractivity contribution in [3.8, 4) is 16.9 Å². The Morgan fingerprint density at radius 2 is 1.78 bits per heavy atom. The van der Waals surface area contributed by atoms with Crippen molar-refractivity contribution >= 4 is 11.9 Å². The van der Waals surface area contributed by atoms with E-state index in [0.717, 1.165) is 41.8 Å². The molecule has 0 aliphatic heterocycles. The number of aryl methyl sites for hydroxylation is 2. The summed E-state index contributed by atoms with van der Waals surface area (Å²) in [6.07, 6.45) is 3.05. The van der Waals surface area contributed by atoms with Crippen LogP contribution in [0.1, 0.15) is 63.3 Å². The highest BCUT2D eigenvalue weighted by Gasteiger charge is 2.22. The first-order valence-electron chi connectivity index (χ1n) is 12.4. The average molecular weight is 480 g/mol. The van der Waals surface area contributed by atoms with E-state index in [0.29, 0.717) is 5.56 Å². The van der Waals surface area contributed by atoms with Crippen LogP contribution in [0.5, 0.6) is 0 Å². The molecule has 0 fully saturated rings. The molecule has 1 amide bonds. The van der Waals surface area contributed by atoms with Gasteiger partial charge < -0.3 is 10.1 Å². The highest BCUT2D eigenvalue weighted by atomic mass is 16.5. The second kappa shape index (κ2) is 10.2. The molecule has 1 aromatic heterocycles. The SMILES string of the molecule is CCOC(=O)c1cc(-c2ccccc2C)n(-c2ccc(C(=O)N[C@@H]3CCCc4ccccc43)cc2)n1. The third-order valence-corrected chi connectivity index (χ3v) is 6.66. The van der Waals surface area contributed by atoms with Gasteiger partial charge in [0.25, 0.3) is 5.91 Å². The van der Waals surface area contributed by atoms with Crippen LogP contribution >= 0.6 is 0 Å². The fourth-order valence-corrected chi connectivity index (χ4v) is 4.83. The number of hydrogen-bond acceptors (Lipinski definition) is 4. The number of hydrogen-bond donors (Lipinski definition) is 1. The molecule has 0 saturated heterocycles. The summed E-state index contributed by atoms with van der Waals surface area (Å²) in [5, 5.41) is 7.76. The van der Waals surface area contributed by atoms with Crippen LogP contribution in [0.2, 0.25) is 0 Å². The number of rotatable bonds is 6. The average Bonchev–Trinajstić information content (AvgIpc) is 3.35. The van der Waals surface area contributed by atoms with E-state index in [4.69, 9.17) is 4.74 Å². The normalized spacial score (nSPS) is 14.7. The molecule has 182 valence electrons. The number of esters is 1.